The minimum atomic E-state index is -1.28. The van der Waals surface area contributed by atoms with Crippen molar-refractivity contribution < 1.29 is 24.1 Å². The van der Waals surface area contributed by atoms with Crippen LogP contribution in [0.5, 0.6) is 0 Å². The lowest BCUT2D eigenvalue weighted by molar-refractivity contribution is -0.175. The molecule has 0 spiro atoms. The number of hydrogen-bond donors (Lipinski definition) is 1. The van der Waals surface area contributed by atoms with Gasteiger partial charge in [0.25, 0.3) is 0 Å². The van der Waals surface area contributed by atoms with Gasteiger partial charge in [0, 0.05) is 0 Å². The predicted octanol–water partition coefficient (Wildman–Crippen LogP) is 0.450. The fourth-order valence-electron chi connectivity index (χ4n) is 1.32. The number of rotatable bonds is 3. The maximum atomic E-state index is 11.3. The first kappa shape index (κ1) is 12.4. The van der Waals surface area contributed by atoms with Crippen molar-refractivity contribution in [1.82, 2.24) is 0 Å². The normalized spacial score (nSPS) is 26.7. The Labute approximate surface area is 89.3 Å². The molecule has 0 aromatic rings. The van der Waals surface area contributed by atoms with Gasteiger partial charge in [0.2, 0.25) is 0 Å². The van der Waals surface area contributed by atoms with E-state index in [1.807, 2.05) is 0 Å². The maximum Gasteiger partial charge on any atom is 0.338 e. The van der Waals surface area contributed by atoms with E-state index >= 15 is 0 Å². The molecule has 1 unspecified atom stereocenters. The maximum absolute atomic E-state index is 11.3. The van der Waals surface area contributed by atoms with Gasteiger partial charge in [-0.25, -0.2) is 4.79 Å². The zero-order valence-corrected chi connectivity index (χ0v) is 9.52. The summed E-state index contributed by atoms with van der Waals surface area (Å²) >= 11 is 0. The third kappa shape index (κ3) is 3.44. The molecule has 1 aliphatic heterocycles. The molecule has 1 fully saturated rings. The molecular weight excluding hydrogens is 200 g/mol. The van der Waals surface area contributed by atoms with Gasteiger partial charge in [-0.05, 0) is 27.7 Å². The summed E-state index contributed by atoms with van der Waals surface area (Å²) < 4.78 is 15.4. The third-order valence-corrected chi connectivity index (χ3v) is 1.98. The average Bonchev–Trinajstić information content (AvgIpc) is 2.43. The Balaban J connectivity index is 2.48. The number of aliphatic hydroxyl groups is 1. The van der Waals surface area contributed by atoms with Crippen molar-refractivity contribution in [3.63, 3.8) is 0 Å². The molecule has 1 N–H and O–H groups in total. The zero-order valence-electron chi connectivity index (χ0n) is 9.52. The van der Waals surface area contributed by atoms with Crippen LogP contribution in [0.25, 0.3) is 0 Å². The molecule has 2 atom stereocenters. The monoisotopic (exact) mass is 218 g/mol. The Morgan fingerprint density at radius 1 is 1.53 bits per heavy atom. The second-order valence-electron chi connectivity index (χ2n) is 4.30. The molecule has 0 radical (unpaired) electrons. The molecule has 88 valence electrons. The second kappa shape index (κ2) is 4.47. The van der Waals surface area contributed by atoms with E-state index in [0.717, 1.165) is 0 Å². The van der Waals surface area contributed by atoms with Crippen LogP contribution < -0.4 is 0 Å². The van der Waals surface area contributed by atoms with Crippen LogP contribution in [0.1, 0.15) is 27.7 Å². The van der Waals surface area contributed by atoms with Crippen molar-refractivity contribution in [1.29, 1.82) is 0 Å². The van der Waals surface area contributed by atoms with E-state index in [2.05, 4.69) is 0 Å². The van der Waals surface area contributed by atoms with Gasteiger partial charge in [-0.3, -0.25) is 0 Å². The lowest BCUT2D eigenvalue weighted by Gasteiger charge is -2.20. The highest BCUT2D eigenvalue weighted by molar-refractivity contribution is 5.75. The molecule has 1 aliphatic rings. The molecule has 0 aromatic heterocycles. The van der Waals surface area contributed by atoms with Gasteiger partial charge >= 0.3 is 5.97 Å². The molecule has 0 aromatic carbocycles. The van der Waals surface area contributed by atoms with Gasteiger partial charge in [-0.1, -0.05) is 0 Å². The van der Waals surface area contributed by atoms with E-state index in [1.54, 1.807) is 27.7 Å². The number of aliphatic hydroxyl groups excluding tert-OH is 1. The number of carbonyl (C=O) groups is 1. The first-order valence-corrected chi connectivity index (χ1v) is 5.02. The molecule has 0 amide bonds. The van der Waals surface area contributed by atoms with Crippen LogP contribution in [0.4, 0.5) is 0 Å². The van der Waals surface area contributed by atoms with Crippen molar-refractivity contribution in [3.05, 3.63) is 0 Å². The highest BCUT2D eigenvalue weighted by Gasteiger charge is 2.40. The van der Waals surface area contributed by atoms with Crippen molar-refractivity contribution in [2.24, 2.45) is 0 Å². The Morgan fingerprint density at radius 2 is 2.13 bits per heavy atom. The van der Waals surface area contributed by atoms with Gasteiger partial charge in [-0.2, -0.15) is 0 Å². The summed E-state index contributed by atoms with van der Waals surface area (Å²) in [5.41, 5.74) is 0. The number of carbonyl (C=O) groups excluding carboxylic acids is 1. The summed E-state index contributed by atoms with van der Waals surface area (Å²) in [7, 11) is 0. The smallest absolute Gasteiger partial charge is 0.338 e. The molecule has 5 nitrogen and oxygen atoms in total. The van der Waals surface area contributed by atoms with E-state index in [-0.39, 0.29) is 12.7 Å². The average molecular weight is 218 g/mol. The molecule has 1 heterocycles. The van der Waals surface area contributed by atoms with Gasteiger partial charge in [-0.15, -0.1) is 0 Å². The SMILES string of the molecule is CC(C)OC(=O)C(O)[C@H]1COC(C)(C)O1. The van der Waals surface area contributed by atoms with Crippen LogP contribution in [0.15, 0.2) is 0 Å². The highest BCUT2D eigenvalue weighted by Crippen LogP contribution is 2.24. The summed E-state index contributed by atoms with van der Waals surface area (Å²) in [6.07, 6.45) is -2.18. The summed E-state index contributed by atoms with van der Waals surface area (Å²) in [4.78, 5) is 11.3. The van der Waals surface area contributed by atoms with Crippen LogP contribution >= 0.6 is 0 Å². The van der Waals surface area contributed by atoms with Crippen molar-refractivity contribution in [2.45, 2.75) is 51.8 Å². The molecular formula is C10H18O5. The predicted molar refractivity (Wildman–Crippen MR) is 52.1 cm³/mol. The molecule has 5 heteroatoms. The molecule has 1 saturated heterocycles. The fourth-order valence-corrected chi connectivity index (χ4v) is 1.32. The number of hydrogen-bond acceptors (Lipinski definition) is 5. The van der Waals surface area contributed by atoms with Crippen molar-refractivity contribution >= 4 is 5.97 Å². The summed E-state index contributed by atoms with van der Waals surface area (Å²) in [5.74, 6) is -1.42. The van der Waals surface area contributed by atoms with Gasteiger partial charge in [0.05, 0.1) is 12.7 Å². The molecule has 1 rings (SSSR count). The van der Waals surface area contributed by atoms with E-state index < -0.39 is 24.0 Å². The third-order valence-electron chi connectivity index (χ3n) is 1.98. The van der Waals surface area contributed by atoms with Crippen LogP contribution in [0.3, 0.4) is 0 Å². The first-order valence-electron chi connectivity index (χ1n) is 5.02. The molecule has 0 saturated carbocycles. The lowest BCUT2D eigenvalue weighted by atomic mass is 10.2. The molecule has 15 heavy (non-hydrogen) atoms. The highest BCUT2D eigenvalue weighted by atomic mass is 16.7. The van der Waals surface area contributed by atoms with Gasteiger partial charge in [0.15, 0.2) is 11.9 Å². The largest absolute Gasteiger partial charge is 0.461 e. The van der Waals surface area contributed by atoms with Crippen LogP contribution in [0.2, 0.25) is 0 Å². The lowest BCUT2D eigenvalue weighted by Crippen LogP contribution is -2.39. The van der Waals surface area contributed by atoms with Crippen LogP contribution in [-0.2, 0) is 19.0 Å². The first-order chi connectivity index (χ1) is 6.82. The number of ether oxygens (including phenoxy) is 3. The van der Waals surface area contributed by atoms with Gasteiger partial charge in [0.1, 0.15) is 6.10 Å². The number of esters is 1. The van der Waals surface area contributed by atoms with Crippen molar-refractivity contribution in [2.75, 3.05) is 6.61 Å². The fraction of sp³-hybridized carbons (Fsp3) is 0.900. The Hall–Kier alpha value is -0.650. The Kier molecular flexibility index (Phi) is 3.70. The van der Waals surface area contributed by atoms with E-state index in [1.165, 1.54) is 0 Å². The standard InChI is InChI=1S/C10H18O5/c1-6(2)14-9(12)8(11)7-5-13-10(3,4)15-7/h6-8,11H,5H2,1-4H3/t7-,8?/m1/s1. The minimum Gasteiger partial charge on any atom is -0.461 e. The molecule has 0 bridgehead atoms. The quantitative estimate of drug-likeness (QED) is 0.697. The summed E-state index contributed by atoms with van der Waals surface area (Å²) in [5, 5.41) is 9.62. The Morgan fingerprint density at radius 3 is 2.53 bits per heavy atom. The minimum absolute atomic E-state index is 0.196. The van der Waals surface area contributed by atoms with Gasteiger partial charge < -0.3 is 19.3 Å². The molecule has 0 aliphatic carbocycles. The van der Waals surface area contributed by atoms with Crippen LogP contribution in [-0.4, -0.2) is 41.8 Å². The summed E-state index contributed by atoms with van der Waals surface area (Å²) in [6, 6.07) is 0. The topological polar surface area (TPSA) is 65.0 Å². The summed E-state index contributed by atoms with van der Waals surface area (Å²) in [6.45, 7) is 7.10. The van der Waals surface area contributed by atoms with E-state index in [4.69, 9.17) is 14.2 Å². The second-order valence-corrected chi connectivity index (χ2v) is 4.30. The zero-order chi connectivity index (χ0) is 11.6. The van der Waals surface area contributed by atoms with Crippen molar-refractivity contribution in [3.8, 4) is 0 Å². The van der Waals surface area contributed by atoms with Crippen LogP contribution in [0, 0.1) is 0 Å². The Bertz CT molecular complexity index is 236. The van der Waals surface area contributed by atoms with E-state index in [9.17, 15) is 9.90 Å². The van der Waals surface area contributed by atoms with E-state index in [0.29, 0.717) is 0 Å².